The van der Waals surface area contributed by atoms with Crippen LogP contribution in [0.3, 0.4) is 0 Å². The maximum Gasteiger partial charge on any atom is 0.254 e. The van der Waals surface area contributed by atoms with Gasteiger partial charge in [0.15, 0.2) is 0 Å². The van der Waals surface area contributed by atoms with E-state index in [4.69, 9.17) is 9.47 Å². The molecular weight excluding hydrogens is 332 g/mol. The van der Waals surface area contributed by atoms with E-state index in [1.807, 2.05) is 18.2 Å². The van der Waals surface area contributed by atoms with Gasteiger partial charge >= 0.3 is 0 Å². The molecule has 0 N–H and O–H groups in total. The van der Waals surface area contributed by atoms with Crippen LogP contribution in [0.15, 0.2) is 48.5 Å². The summed E-state index contributed by atoms with van der Waals surface area (Å²) in [6, 6.07) is 13.8. The number of hydrogen-bond acceptors (Lipinski definition) is 4. The zero-order chi connectivity index (χ0) is 18.7. The lowest BCUT2D eigenvalue weighted by molar-refractivity contribution is -0.124. The lowest BCUT2D eigenvalue weighted by Crippen LogP contribution is -2.57. The Morgan fingerprint density at radius 2 is 1.62 bits per heavy atom. The van der Waals surface area contributed by atoms with Crippen molar-refractivity contribution < 1.29 is 19.1 Å². The first-order chi connectivity index (χ1) is 12.5. The summed E-state index contributed by atoms with van der Waals surface area (Å²) in [6.45, 7) is 2.63. The van der Waals surface area contributed by atoms with Gasteiger partial charge in [0.1, 0.15) is 17.5 Å². The van der Waals surface area contributed by atoms with Crippen LogP contribution in [0.5, 0.6) is 11.5 Å². The average Bonchev–Trinajstić information content (AvgIpc) is 2.69. The second kappa shape index (κ2) is 7.47. The molecule has 0 aliphatic carbocycles. The number of piperazine rings is 1. The van der Waals surface area contributed by atoms with Gasteiger partial charge in [-0.15, -0.1) is 0 Å². The molecule has 0 radical (unpaired) electrons. The summed E-state index contributed by atoms with van der Waals surface area (Å²) in [5, 5.41) is 0. The number of rotatable bonds is 4. The number of carbonyl (C=O) groups is 2. The molecule has 3 rings (SSSR count). The molecule has 0 saturated carbocycles. The van der Waals surface area contributed by atoms with Gasteiger partial charge in [0.05, 0.1) is 19.9 Å². The molecule has 2 amide bonds. The molecule has 0 spiro atoms. The fourth-order valence-electron chi connectivity index (χ4n) is 3.10. The summed E-state index contributed by atoms with van der Waals surface area (Å²) < 4.78 is 10.6. The lowest BCUT2D eigenvalue weighted by atomic mass is 10.1. The van der Waals surface area contributed by atoms with E-state index in [9.17, 15) is 9.59 Å². The van der Waals surface area contributed by atoms with Crippen LogP contribution in [0.1, 0.15) is 17.3 Å². The van der Waals surface area contributed by atoms with Gasteiger partial charge in [-0.1, -0.05) is 18.2 Å². The highest BCUT2D eigenvalue weighted by Gasteiger charge is 2.35. The molecule has 6 nitrogen and oxygen atoms in total. The van der Waals surface area contributed by atoms with Gasteiger partial charge in [-0.2, -0.15) is 0 Å². The van der Waals surface area contributed by atoms with Gasteiger partial charge in [-0.25, -0.2) is 0 Å². The van der Waals surface area contributed by atoms with Crippen molar-refractivity contribution in [3.05, 3.63) is 54.1 Å². The largest absolute Gasteiger partial charge is 0.497 e. The summed E-state index contributed by atoms with van der Waals surface area (Å²) in [4.78, 5) is 28.9. The zero-order valence-corrected chi connectivity index (χ0v) is 15.1. The van der Waals surface area contributed by atoms with E-state index in [-0.39, 0.29) is 11.8 Å². The lowest BCUT2D eigenvalue weighted by Gasteiger charge is -2.39. The Bertz CT molecular complexity index is 784. The Labute approximate surface area is 152 Å². The first-order valence-corrected chi connectivity index (χ1v) is 8.45. The summed E-state index contributed by atoms with van der Waals surface area (Å²) >= 11 is 0. The van der Waals surface area contributed by atoms with Crippen molar-refractivity contribution in [2.24, 2.45) is 0 Å². The van der Waals surface area contributed by atoms with Gasteiger partial charge in [0.25, 0.3) is 5.91 Å². The molecule has 2 aromatic rings. The number of ether oxygens (including phenoxy) is 2. The van der Waals surface area contributed by atoms with E-state index in [1.165, 1.54) is 0 Å². The van der Waals surface area contributed by atoms with Crippen LogP contribution >= 0.6 is 0 Å². The van der Waals surface area contributed by atoms with Crippen LogP contribution in [0, 0.1) is 0 Å². The van der Waals surface area contributed by atoms with Crippen LogP contribution in [0.2, 0.25) is 0 Å². The molecule has 1 heterocycles. The monoisotopic (exact) mass is 354 g/mol. The van der Waals surface area contributed by atoms with Gasteiger partial charge < -0.3 is 19.3 Å². The minimum absolute atomic E-state index is 0.129. The molecule has 1 atom stereocenters. The standard InChI is InChI=1S/C20H22N2O4/c1-14-19(23)22(16-11-17(25-2)13-18(12-16)26-3)10-9-21(14)20(24)15-7-5-4-6-8-15/h4-8,11-14H,9-10H2,1-3H3/t14-/m1/s1. The van der Waals surface area contributed by atoms with Crippen molar-refractivity contribution in [3.8, 4) is 11.5 Å². The predicted molar refractivity (Wildman–Crippen MR) is 98.8 cm³/mol. The van der Waals surface area contributed by atoms with Crippen molar-refractivity contribution in [1.29, 1.82) is 0 Å². The maximum absolute atomic E-state index is 12.9. The number of hydrogen-bond donors (Lipinski definition) is 0. The second-order valence-electron chi connectivity index (χ2n) is 6.10. The molecule has 2 aromatic carbocycles. The van der Waals surface area contributed by atoms with Crippen LogP contribution in [0.25, 0.3) is 0 Å². The molecular formula is C20H22N2O4. The van der Waals surface area contributed by atoms with E-state index in [2.05, 4.69) is 0 Å². The SMILES string of the molecule is COc1cc(OC)cc(N2CCN(C(=O)c3ccccc3)[C@H](C)C2=O)c1. The van der Waals surface area contributed by atoms with Crippen LogP contribution in [-0.2, 0) is 4.79 Å². The Morgan fingerprint density at radius 1 is 1.00 bits per heavy atom. The molecule has 1 aliphatic rings. The number of nitrogens with zero attached hydrogens (tertiary/aromatic N) is 2. The number of carbonyl (C=O) groups excluding carboxylic acids is 2. The summed E-state index contributed by atoms with van der Waals surface area (Å²) in [6.07, 6.45) is 0. The Kier molecular flexibility index (Phi) is 5.11. The third kappa shape index (κ3) is 3.35. The Morgan fingerprint density at radius 3 is 2.19 bits per heavy atom. The van der Waals surface area contributed by atoms with Crippen LogP contribution in [0.4, 0.5) is 5.69 Å². The van der Waals surface area contributed by atoms with Crippen molar-refractivity contribution in [3.63, 3.8) is 0 Å². The summed E-state index contributed by atoms with van der Waals surface area (Å²) in [7, 11) is 3.14. The van der Waals surface area contributed by atoms with Crippen molar-refractivity contribution in [2.75, 3.05) is 32.2 Å². The average molecular weight is 354 g/mol. The van der Waals surface area contributed by atoms with Gasteiger partial charge in [0, 0.05) is 36.9 Å². The smallest absolute Gasteiger partial charge is 0.254 e. The zero-order valence-electron chi connectivity index (χ0n) is 15.1. The first kappa shape index (κ1) is 17.8. The molecule has 136 valence electrons. The van der Waals surface area contributed by atoms with E-state index in [0.717, 1.165) is 0 Å². The van der Waals surface area contributed by atoms with Crippen molar-refractivity contribution in [2.45, 2.75) is 13.0 Å². The van der Waals surface area contributed by atoms with E-state index in [0.29, 0.717) is 35.8 Å². The van der Waals surface area contributed by atoms with Crippen molar-refractivity contribution >= 4 is 17.5 Å². The summed E-state index contributed by atoms with van der Waals surface area (Å²) in [5.74, 6) is 0.968. The van der Waals surface area contributed by atoms with Gasteiger partial charge in [0.2, 0.25) is 5.91 Å². The molecule has 1 fully saturated rings. The highest BCUT2D eigenvalue weighted by molar-refractivity contribution is 6.03. The minimum Gasteiger partial charge on any atom is -0.497 e. The highest BCUT2D eigenvalue weighted by atomic mass is 16.5. The van der Waals surface area contributed by atoms with Crippen LogP contribution in [-0.4, -0.2) is 50.1 Å². The van der Waals surface area contributed by atoms with Crippen molar-refractivity contribution in [1.82, 2.24) is 4.90 Å². The molecule has 0 aromatic heterocycles. The molecule has 1 aliphatic heterocycles. The second-order valence-corrected chi connectivity index (χ2v) is 6.10. The fraction of sp³-hybridized carbons (Fsp3) is 0.300. The fourth-order valence-corrected chi connectivity index (χ4v) is 3.10. The molecule has 26 heavy (non-hydrogen) atoms. The van der Waals surface area contributed by atoms with E-state index in [1.54, 1.807) is 61.3 Å². The quantitative estimate of drug-likeness (QED) is 0.847. The Balaban J connectivity index is 1.83. The van der Waals surface area contributed by atoms with Gasteiger partial charge in [-0.05, 0) is 19.1 Å². The normalized spacial score (nSPS) is 17.2. The maximum atomic E-state index is 12.9. The number of amides is 2. The third-order valence-corrected chi connectivity index (χ3v) is 4.58. The predicted octanol–water partition coefficient (Wildman–Crippen LogP) is 2.58. The van der Waals surface area contributed by atoms with Gasteiger partial charge in [-0.3, -0.25) is 9.59 Å². The summed E-state index contributed by atoms with van der Waals surface area (Å²) in [5.41, 5.74) is 1.29. The number of methoxy groups -OCH3 is 2. The van der Waals surface area contributed by atoms with E-state index >= 15 is 0 Å². The first-order valence-electron chi connectivity index (χ1n) is 8.45. The van der Waals surface area contributed by atoms with E-state index < -0.39 is 6.04 Å². The third-order valence-electron chi connectivity index (χ3n) is 4.58. The molecule has 0 unspecified atom stereocenters. The topological polar surface area (TPSA) is 59.1 Å². The Hall–Kier alpha value is -3.02. The molecule has 6 heteroatoms. The molecule has 1 saturated heterocycles. The highest BCUT2D eigenvalue weighted by Crippen LogP contribution is 2.30. The number of anilines is 1. The van der Waals surface area contributed by atoms with Crippen LogP contribution < -0.4 is 14.4 Å². The minimum atomic E-state index is -0.548. The number of benzene rings is 2. The molecule has 0 bridgehead atoms.